The zero-order valence-electron chi connectivity index (χ0n) is 20.9. The second kappa shape index (κ2) is 13.0. The van der Waals surface area contributed by atoms with Crippen LogP contribution < -0.4 is 0 Å². The summed E-state index contributed by atoms with van der Waals surface area (Å²) in [5.74, 6) is -0.0120. The molecule has 0 aromatic heterocycles. The molecule has 1 aromatic rings. The van der Waals surface area contributed by atoms with Crippen molar-refractivity contribution >= 4 is 5.97 Å². The van der Waals surface area contributed by atoms with E-state index in [1.165, 1.54) is 51.4 Å². The number of carbonyl (C=O) groups is 1. The first-order valence-electron chi connectivity index (χ1n) is 12.2. The van der Waals surface area contributed by atoms with Gasteiger partial charge in [-0.2, -0.15) is 0 Å². The Morgan fingerprint density at radius 3 is 1.74 bits per heavy atom. The predicted molar refractivity (Wildman–Crippen MR) is 129 cm³/mol. The van der Waals surface area contributed by atoms with Crippen LogP contribution in [0.1, 0.15) is 123 Å². The molecule has 0 unspecified atom stereocenters. The number of benzene rings is 1. The van der Waals surface area contributed by atoms with Gasteiger partial charge < -0.3 is 14.9 Å². The van der Waals surface area contributed by atoms with E-state index < -0.39 is 5.41 Å². The minimum Gasteiger partial charge on any atom is -0.508 e. The molecule has 0 radical (unpaired) electrons. The quantitative estimate of drug-likeness (QED) is 0.180. The van der Waals surface area contributed by atoms with Gasteiger partial charge in [0, 0.05) is 16.5 Å². The maximum absolute atomic E-state index is 12.3. The molecule has 2 N–H and O–H groups in total. The zero-order chi connectivity index (χ0) is 23.5. The first-order valence-corrected chi connectivity index (χ1v) is 12.2. The van der Waals surface area contributed by atoms with Crippen molar-refractivity contribution in [2.45, 2.75) is 123 Å². The summed E-state index contributed by atoms with van der Waals surface area (Å²) in [6, 6.07) is 3.20. The Balaban J connectivity index is 2.38. The fraction of sp³-hybridized carbons (Fsp3) is 0.741. The lowest BCUT2D eigenvalue weighted by Gasteiger charge is -2.28. The minimum atomic E-state index is -0.632. The van der Waals surface area contributed by atoms with E-state index >= 15 is 0 Å². The highest BCUT2D eigenvalue weighted by molar-refractivity contribution is 5.72. The third-order valence-corrected chi connectivity index (χ3v) is 6.00. The van der Waals surface area contributed by atoms with Gasteiger partial charge in [0.25, 0.3) is 0 Å². The standard InChI is InChI=1S/C27H46O4/c1-7-8-9-10-11-12-13-14-15-16-17-31-25(30)20-27(5,6)22-19-23(28)21(18-24(22)29)26(2,3)4/h18-19,28-29H,7-17,20H2,1-6H3. The molecule has 178 valence electrons. The lowest BCUT2D eigenvalue weighted by molar-refractivity contribution is -0.145. The number of hydrogen-bond donors (Lipinski definition) is 2. The highest BCUT2D eigenvalue weighted by Gasteiger charge is 2.30. The van der Waals surface area contributed by atoms with Crippen molar-refractivity contribution in [1.29, 1.82) is 0 Å². The predicted octanol–water partition coefficient (Wildman–Crippen LogP) is 7.53. The molecule has 0 bridgehead atoms. The van der Waals surface area contributed by atoms with E-state index in [1.54, 1.807) is 12.1 Å². The Bertz CT molecular complexity index is 671. The molecule has 0 amide bonds. The second-order valence-electron chi connectivity index (χ2n) is 10.6. The first kappa shape index (κ1) is 27.3. The number of aromatic hydroxyl groups is 2. The summed E-state index contributed by atoms with van der Waals surface area (Å²) in [7, 11) is 0. The molecule has 4 heteroatoms. The van der Waals surface area contributed by atoms with Crippen LogP contribution in [0.15, 0.2) is 12.1 Å². The topological polar surface area (TPSA) is 66.8 Å². The molecule has 1 rings (SSSR count). The Hall–Kier alpha value is -1.71. The van der Waals surface area contributed by atoms with Crippen molar-refractivity contribution in [3.63, 3.8) is 0 Å². The van der Waals surface area contributed by atoms with E-state index in [1.807, 2.05) is 34.6 Å². The Labute approximate surface area is 190 Å². The maximum atomic E-state index is 12.3. The number of unbranched alkanes of at least 4 members (excludes halogenated alkanes) is 9. The smallest absolute Gasteiger partial charge is 0.306 e. The number of esters is 1. The lowest BCUT2D eigenvalue weighted by Crippen LogP contribution is -2.24. The van der Waals surface area contributed by atoms with Gasteiger partial charge in [0.15, 0.2) is 0 Å². The number of phenolic OH excluding ortho intramolecular Hbond substituents is 2. The normalized spacial score (nSPS) is 12.2. The van der Waals surface area contributed by atoms with Crippen molar-refractivity contribution in [2.75, 3.05) is 6.61 Å². The van der Waals surface area contributed by atoms with Crippen molar-refractivity contribution in [1.82, 2.24) is 0 Å². The van der Waals surface area contributed by atoms with Gasteiger partial charge in [-0.05, 0) is 24.0 Å². The van der Waals surface area contributed by atoms with Crippen LogP contribution in [0, 0.1) is 0 Å². The molecular formula is C27H46O4. The molecule has 0 aliphatic heterocycles. The molecule has 0 spiro atoms. The number of hydrogen-bond acceptors (Lipinski definition) is 4. The van der Waals surface area contributed by atoms with Crippen LogP contribution in [0.4, 0.5) is 0 Å². The summed E-state index contributed by atoms with van der Waals surface area (Å²) >= 11 is 0. The zero-order valence-corrected chi connectivity index (χ0v) is 20.9. The second-order valence-corrected chi connectivity index (χ2v) is 10.6. The monoisotopic (exact) mass is 434 g/mol. The van der Waals surface area contributed by atoms with Crippen molar-refractivity contribution in [3.05, 3.63) is 23.3 Å². The van der Waals surface area contributed by atoms with E-state index in [-0.39, 0.29) is 29.3 Å². The molecule has 0 saturated heterocycles. The number of ether oxygens (including phenoxy) is 1. The maximum Gasteiger partial charge on any atom is 0.306 e. The Kier molecular flexibility index (Phi) is 11.4. The summed E-state index contributed by atoms with van der Waals surface area (Å²) in [5.41, 5.74) is 0.340. The molecular weight excluding hydrogens is 388 g/mol. The molecule has 0 saturated carbocycles. The minimum absolute atomic E-state index is 0.107. The first-order chi connectivity index (χ1) is 14.5. The highest BCUT2D eigenvalue weighted by atomic mass is 16.5. The van der Waals surface area contributed by atoms with Gasteiger partial charge in [0.1, 0.15) is 11.5 Å². The van der Waals surface area contributed by atoms with Gasteiger partial charge in [0.05, 0.1) is 13.0 Å². The van der Waals surface area contributed by atoms with E-state index in [4.69, 9.17) is 4.74 Å². The molecule has 0 heterocycles. The van der Waals surface area contributed by atoms with Crippen LogP contribution in [0.25, 0.3) is 0 Å². The molecule has 0 atom stereocenters. The Morgan fingerprint density at radius 1 is 0.774 bits per heavy atom. The van der Waals surface area contributed by atoms with Crippen LogP contribution in [0.3, 0.4) is 0 Å². The SMILES string of the molecule is CCCCCCCCCCCCOC(=O)CC(C)(C)c1cc(O)c(C(C)(C)C)cc1O. The fourth-order valence-electron chi connectivity index (χ4n) is 4.00. The van der Waals surface area contributed by atoms with Crippen molar-refractivity contribution in [3.8, 4) is 11.5 Å². The molecule has 31 heavy (non-hydrogen) atoms. The van der Waals surface area contributed by atoms with Gasteiger partial charge in [-0.1, -0.05) is 99.3 Å². The number of phenols is 2. The number of rotatable bonds is 14. The highest BCUT2D eigenvalue weighted by Crippen LogP contribution is 2.41. The largest absolute Gasteiger partial charge is 0.508 e. The number of carbonyl (C=O) groups excluding carboxylic acids is 1. The molecule has 1 aromatic carbocycles. The van der Waals surface area contributed by atoms with E-state index in [0.29, 0.717) is 17.7 Å². The van der Waals surface area contributed by atoms with Crippen molar-refractivity contribution in [2.24, 2.45) is 0 Å². The van der Waals surface area contributed by atoms with E-state index in [0.717, 1.165) is 12.8 Å². The van der Waals surface area contributed by atoms with Crippen LogP contribution in [0.5, 0.6) is 11.5 Å². The average molecular weight is 435 g/mol. The molecule has 4 nitrogen and oxygen atoms in total. The lowest BCUT2D eigenvalue weighted by atomic mass is 9.78. The van der Waals surface area contributed by atoms with Crippen molar-refractivity contribution < 1.29 is 19.7 Å². The van der Waals surface area contributed by atoms with Gasteiger partial charge in [-0.3, -0.25) is 4.79 Å². The van der Waals surface area contributed by atoms with Crippen LogP contribution in [-0.2, 0) is 20.4 Å². The fourth-order valence-corrected chi connectivity index (χ4v) is 4.00. The average Bonchev–Trinajstić information content (AvgIpc) is 2.66. The van der Waals surface area contributed by atoms with E-state index in [2.05, 4.69) is 6.92 Å². The van der Waals surface area contributed by atoms with Gasteiger partial charge in [-0.15, -0.1) is 0 Å². The van der Waals surface area contributed by atoms with Gasteiger partial charge in [-0.25, -0.2) is 0 Å². The van der Waals surface area contributed by atoms with E-state index in [9.17, 15) is 15.0 Å². The van der Waals surface area contributed by atoms with Gasteiger partial charge in [0.2, 0.25) is 0 Å². The summed E-state index contributed by atoms with van der Waals surface area (Å²) in [5, 5.41) is 21.0. The van der Waals surface area contributed by atoms with Gasteiger partial charge >= 0.3 is 5.97 Å². The summed E-state index contributed by atoms with van der Waals surface area (Å²) in [4.78, 5) is 12.3. The Morgan fingerprint density at radius 2 is 1.23 bits per heavy atom. The summed E-state index contributed by atoms with van der Waals surface area (Å²) in [6.45, 7) is 12.4. The molecule has 0 aliphatic carbocycles. The summed E-state index contributed by atoms with van der Waals surface area (Å²) in [6.07, 6.45) is 12.6. The van der Waals surface area contributed by atoms with Crippen LogP contribution in [-0.4, -0.2) is 22.8 Å². The third-order valence-electron chi connectivity index (χ3n) is 6.00. The van der Waals surface area contributed by atoms with Crippen LogP contribution >= 0.6 is 0 Å². The molecule has 0 aliphatic rings. The summed E-state index contributed by atoms with van der Waals surface area (Å²) < 4.78 is 5.44. The van der Waals surface area contributed by atoms with Crippen LogP contribution in [0.2, 0.25) is 0 Å². The molecule has 0 fully saturated rings. The third kappa shape index (κ3) is 9.97.